The highest BCUT2D eigenvalue weighted by Gasteiger charge is 2.41. The molecule has 1 saturated heterocycles. The van der Waals surface area contributed by atoms with Crippen LogP contribution in [-0.2, 0) is 4.79 Å². The lowest BCUT2D eigenvalue weighted by Gasteiger charge is -2.30. The van der Waals surface area contributed by atoms with Crippen LogP contribution in [0.2, 0.25) is 0 Å². The molecule has 1 N–H and O–H groups in total. The first-order valence-electron chi connectivity index (χ1n) is 7.00. The minimum absolute atomic E-state index is 0.140. The van der Waals surface area contributed by atoms with Gasteiger partial charge in [0.2, 0.25) is 5.91 Å². The maximum Gasteiger partial charge on any atom is 0.241 e. The van der Waals surface area contributed by atoms with Crippen LogP contribution in [0.1, 0.15) is 44.3 Å². The van der Waals surface area contributed by atoms with Crippen LogP contribution in [0.25, 0.3) is 0 Å². The molecule has 1 aliphatic heterocycles. The molecular formula is C15H19FN2O. The number of benzene rings is 1. The molecule has 0 aromatic heterocycles. The Kier molecular flexibility index (Phi) is 3.27. The van der Waals surface area contributed by atoms with Crippen LogP contribution in [0, 0.1) is 5.82 Å². The molecule has 2 unspecified atom stereocenters. The number of hydrogen-bond donors (Lipinski definition) is 1. The van der Waals surface area contributed by atoms with Gasteiger partial charge in [0.1, 0.15) is 12.0 Å². The first-order valence-corrected chi connectivity index (χ1v) is 7.00. The van der Waals surface area contributed by atoms with Crippen LogP contribution in [0.5, 0.6) is 0 Å². The fourth-order valence-electron chi connectivity index (χ4n) is 3.25. The molecule has 102 valence electrons. The van der Waals surface area contributed by atoms with Crippen molar-refractivity contribution in [2.75, 3.05) is 0 Å². The number of nitrogens with one attached hydrogen (secondary N) is 1. The van der Waals surface area contributed by atoms with E-state index in [4.69, 9.17) is 0 Å². The Labute approximate surface area is 112 Å². The summed E-state index contributed by atoms with van der Waals surface area (Å²) < 4.78 is 13.4. The molecule has 2 atom stereocenters. The summed E-state index contributed by atoms with van der Waals surface area (Å²) in [5.74, 6) is -0.112. The number of hydrogen-bond acceptors (Lipinski definition) is 2. The Bertz CT molecular complexity index is 485. The lowest BCUT2D eigenvalue weighted by Crippen LogP contribution is -2.38. The molecule has 3 rings (SSSR count). The number of nitrogens with zero attached hydrogens (tertiary/aromatic N) is 1. The van der Waals surface area contributed by atoms with Crippen LogP contribution >= 0.6 is 0 Å². The highest BCUT2D eigenvalue weighted by molar-refractivity contribution is 5.84. The molecule has 0 spiro atoms. The van der Waals surface area contributed by atoms with Crippen molar-refractivity contribution in [3.8, 4) is 0 Å². The summed E-state index contributed by atoms with van der Waals surface area (Å²) in [7, 11) is 0. The Morgan fingerprint density at radius 2 is 2.05 bits per heavy atom. The van der Waals surface area contributed by atoms with Crippen LogP contribution in [0.15, 0.2) is 24.3 Å². The maximum atomic E-state index is 13.4. The van der Waals surface area contributed by atoms with Gasteiger partial charge in [0, 0.05) is 6.04 Å². The molecule has 0 radical (unpaired) electrons. The van der Waals surface area contributed by atoms with Gasteiger partial charge < -0.3 is 4.90 Å². The average Bonchev–Trinajstić information content (AvgIpc) is 2.99. The van der Waals surface area contributed by atoms with Crippen LogP contribution in [0.3, 0.4) is 0 Å². The zero-order valence-electron chi connectivity index (χ0n) is 11.1. The molecule has 1 heterocycles. The van der Waals surface area contributed by atoms with Crippen LogP contribution < -0.4 is 5.32 Å². The molecule has 1 amide bonds. The van der Waals surface area contributed by atoms with Crippen molar-refractivity contribution >= 4 is 5.91 Å². The number of carbonyl (C=O) groups excluding carboxylic acids is 1. The molecule has 3 nitrogen and oxygen atoms in total. The largest absolute Gasteiger partial charge is 0.319 e. The Hall–Kier alpha value is -1.42. The van der Waals surface area contributed by atoms with Crippen molar-refractivity contribution in [3.63, 3.8) is 0 Å². The predicted octanol–water partition coefficient (Wildman–Crippen LogP) is 2.59. The Balaban J connectivity index is 1.92. The van der Waals surface area contributed by atoms with E-state index in [9.17, 15) is 9.18 Å². The monoisotopic (exact) mass is 262 g/mol. The van der Waals surface area contributed by atoms with E-state index in [1.807, 2.05) is 17.9 Å². The molecule has 1 saturated carbocycles. The predicted molar refractivity (Wildman–Crippen MR) is 70.8 cm³/mol. The Morgan fingerprint density at radius 3 is 2.74 bits per heavy atom. The van der Waals surface area contributed by atoms with Crippen molar-refractivity contribution in [1.29, 1.82) is 0 Å². The minimum Gasteiger partial charge on any atom is -0.319 e. The molecule has 1 aliphatic carbocycles. The second kappa shape index (κ2) is 4.93. The molecule has 1 aromatic rings. The van der Waals surface area contributed by atoms with Crippen molar-refractivity contribution in [2.45, 2.75) is 50.9 Å². The third-order valence-electron chi connectivity index (χ3n) is 4.19. The van der Waals surface area contributed by atoms with Gasteiger partial charge in [-0.15, -0.1) is 0 Å². The molecule has 0 bridgehead atoms. The van der Waals surface area contributed by atoms with E-state index in [0.29, 0.717) is 6.04 Å². The summed E-state index contributed by atoms with van der Waals surface area (Å²) in [6.07, 6.45) is 4.30. The zero-order chi connectivity index (χ0) is 13.4. The van der Waals surface area contributed by atoms with Crippen LogP contribution in [0.4, 0.5) is 4.39 Å². The van der Waals surface area contributed by atoms with Gasteiger partial charge in [0.05, 0.1) is 6.04 Å². The van der Waals surface area contributed by atoms with E-state index in [2.05, 4.69) is 5.32 Å². The first-order chi connectivity index (χ1) is 9.16. The quantitative estimate of drug-likeness (QED) is 0.888. The second-order valence-electron chi connectivity index (χ2n) is 5.53. The number of amides is 1. The fourth-order valence-corrected chi connectivity index (χ4v) is 3.25. The van der Waals surface area contributed by atoms with Gasteiger partial charge in [-0.2, -0.15) is 0 Å². The highest BCUT2D eigenvalue weighted by Crippen LogP contribution is 2.34. The van der Waals surface area contributed by atoms with Gasteiger partial charge in [-0.05, 0) is 37.5 Å². The summed E-state index contributed by atoms with van der Waals surface area (Å²) in [6.45, 7) is 1.88. The molecule has 19 heavy (non-hydrogen) atoms. The summed E-state index contributed by atoms with van der Waals surface area (Å²) in [5.41, 5.74) is 0.838. The summed E-state index contributed by atoms with van der Waals surface area (Å²) in [4.78, 5) is 14.3. The number of carbonyl (C=O) groups is 1. The second-order valence-corrected chi connectivity index (χ2v) is 5.53. The van der Waals surface area contributed by atoms with Crippen molar-refractivity contribution in [3.05, 3.63) is 35.6 Å². The van der Waals surface area contributed by atoms with Gasteiger partial charge in [-0.1, -0.05) is 25.0 Å². The van der Waals surface area contributed by atoms with Gasteiger partial charge in [-0.25, -0.2) is 4.39 Å². The normalized spacial score (nSPS) is 28.3. The molecule has 2 fully saturated rings. The molecule has 2 aliphatic rings. The number of halogens is 1. The molecule has 4 heteroatoms. The Morgan fingerprint density at radius 1 is 1.32 bits per heavy atom. The van der Waals surface area contributed by atoms with E-state index in [1.165, 1.54) is 25.0 Å². The van der Waals surface area contributed by atoms with Crippen LogP contribution in [-0.4, -0.2) is 22.9 Å². The molecular weight excluding hydrogens is 243 g/mol. The third kappa shape index (κ3) is 2.25. The van der Waals surface area contributed by atoms with E-state index in [-0.39, 0.29) is 23.9 Å². The maximum absolute atomic E-state index is 13.4. The topological polar surface area (TPSA) is 32.3 Å². The van der Waals surface area contributed by atoms with Gasteiger partial charge in [-0.3, -0.25) is 10.1 Å². The smallest absolute Gasteiger partial charge is 0.241 e. The van der Waals surface area contributed by atoms with Crippen molar-refractivity contribution in [1.82, 2.24) is 10.2 Å². The van der Waals surface area contributed by atoms with Crippen molar-refractivity contribution in [2.24, 2.45) is 0 Å². The SMILES string of the molecule is CC1NC(c2cccc(F)c2)N(C2CCCC2)C1=O. The average molecular weight is 262 g/mol. The van der Waals surface area contributed by atoms with E-state index in [0.717, 1.165) is 18.4 Å². The van der Waals surface area contributed by atoms with Gasteiger partial charge in [0.25, 0.3) is 0 Å². The summed E-state index contributed by atoms with van der Waals surface area (Å²) in [6, 6.07) is 6.65. The van der Waals surface area contributed by atoms with E-state index < -0.39 is 0 Å². The van der Waals surface area contributed by atoms with Gasteiger partial charge in [0.15, 0.2) is 0 Å². The standard InChI is InChI=1S/C15H19FN2O/c1-10-15(19)18(13-7-2-3-8-13)14(17-10)11-5-4-6-12(16)9-11/h4-6,9-10,13-14,17H,2-3,7-8H2,1H3. The van der Waals surface area contributed by atoms with E-state index >= 15 is 0 Å². The molecule has 1 aromatic carbocycles. The van der Waals surface area contributed by atoms with Crippen molar-refractivity contribution < 1.29 is 9.18 Å². The lowest BCUT2D eigenvalue weighted by molar-refractivity contribution is -0.132. The van der Waals surface area contributed by atoms with E-state index in [1.54, 1.807) is 6.07 Å². The number of rotatable bonds is 2. The minimum atomic E-state index is -0.252. The fraction of sp³-hybridized carbons (Fsp3) is 0.533. The third-order valence-corrected chi connectivity index (χ3v) is 4.19. The highest BCUT2D eigenvalue weighted by atomic mass is 19.1. The summed E-state index contributed by atoms with van der Waals surface area (Å²) >= 11 is 0. The lowest BCUT2D eigenvalue weighted by atomic mass is 10.1. The zero-order valence-corrected chi connectivity index (χ0v) is 11.1. The first kappa shape index (κ1) is 12.6. The van der Waals surface area contributed by atoms with Gasteiger partial charge >= 0.3 is 0 Å². The summed E-state index contributed by atoms with van der Waals surface area (Å²) in [5, 5.41) is 3.28.